The van der Waals surface area contributed by atoms with Gasteiger partial charge in [0, 0.05) is 48.0 Å². The van der Waals surface area contributed by atoms with Gasteiger partial charge in [-0.05, 0) is 46.5 Å². The maximum absolute atomic E-state index is 12.2. The van der Waals surface area contributed by atoms with Gasteiger partial charge in [0.15, 0.2) is 0 Å². The van der Waals surface area contributed by atoms with E-state index < -0.39 is 16.4 Å². The molecule has 1 rings (SSSR count). The van der Waals surface area contributed by atoms with Crippen molar-refractivity contribution in [2.24, 2.45) is 5.92 Å². The van der Waals surface area contributed by atoms with Gasteiger partial charge in [0.25, 0.3) is 0 Å². The van der Waals surface area contributed by atoms with Crippen molar-refractivity contribution in [2.45, 2.75) is 65.1 Å². The first kappa shape index (κ1) is 19.4. The number of hydrogen-bond donors (Lipinski definition) is 1. The van der Waals surface area contributed by atoms with E-state index in [2.05, 4.69) is 19.2 Å². The molecule has 1 aliphatic heterocycles. The maximum atomic E-state index is 12.2. The van der Waals surface area contributed by atoms with Crippen LogP contribution in [0.4, 0.5) is 4.79 Å². The first-order chi connectivity index (χ1) is 10.1. The van der Waals surface area contributed by atoms with Crippen LogP contribution in [0, 0.1) is 5.92 Å². The molecule has 0 unspecified atom stereocenters. The zero-order valence-corrected chi connectivity index (χ0v) is 15.7. The van der Waals surface area contributed by atoms with Crippen LogP contribution >= 0.6 is 0 Å². The Balaban J connectivity index is 2.55. The molecule has 0 radical (unpaired) electrons. The predicted molar refractivity (Wildman–Crippen MR) is 91.5 cm³/mol. The van der Waals surface area contributed by atoms with Crippen LogP contribution < -0.4 is 5.32 Å². The molecule has 4 atom stereocenters. The topological polar surface area (TPSA) is 58.6 Å². The van der Waals surface area contributed by atoms with E-state index in [1.165, 1.54) is 0 Å². The van der Waals surface area contributed by atoms with Crippen molar-refractivity contribution in [1.29, 1.82) is 0 Å². The average molecular weight is 333 g/mol. The van der Waals surface area contributed by atoms with Gasteiger partial charge in [0.2, 0.25) is 0 Å². The van der Waals surface area contributed by atoms with E-state index in [0.717, 1.165) is 19.4 Å². The highest BCUT2D eigenvalue weighted by molar-refractivity contribution is 7.84. The molecular formula is C16H32N2O3S. The Morgan fingerprint density at radius 1 is 1.36 bits per heavy atom. The highest BCUT2D eigenvalue weighted by Gasteiger charge is 2.28. The minimum absolute atomic E-state index is 0.219. The normalized spacial score (nSPS) is 26.2. The lowest BCUT2D eigenvalue weighted by Crippen LogP contribution is -2.43. The zero-order chi connectivity index (χ0) is 16.9. The molecule has 0 saturated carbocycles. The molecule has 1 aliphatic rings. The van der Waals surface area contributed by atoms with Gasteiger partial charge >= 0.3 is 6.09 Å². The largest absolute Gasteiger partial charge is 0.444 e. The van der Waals surface area contributed by atoms with Gasteiger partial charge in [-0.3, -0.25) is 4.21 Å². The number of hydrogen-bond acceptors (Lipinski definition) is 4. The van der Waals surface area contributed by atoms with Crippen LogP contribution in [0.2, 0.25) is 0 Å². The van der Waals surface area contributed by atoms with Crippen LogP contribution in [-0.2, 0) is 15.5 Å². The molecule has 1 N–H and O–H groups in total. The van der Waals surface area contributed by atoms with Crippen LogP contribution in [0.1, 0.15) is 47.5 Å². The Bertz CT molecular complexity index is 395. The second-order valence-electron chi connectivity index (χ2n) is 7.44. The summed E-state index contributed by atoms with van der Waals surface area (Å²) in [5, 5.41) is 3.58. The zero-order valence-electron chi connectivity index (χ0n) is 14.8. The Morgan fingerprint density at radius 2 is 1.95 bits per heavy atom. The molecule has 1 amide bonds. The van der Waals surface area contributed by atoms with Crippen LogP contribution in [0.5, 0.6) is 0 Å². The molecule has 0 aromatic heterocycles. The lowest BCUT2D eigenvalue weighted by Gasteiger charge is -2.27. The third-order valence-corrected chi connectivity index (χ3v) is 4.86. The Labute approximate surface area is 137 Å². The van der Waals surface area contributed by atoms with E-state index in [4.69, 9.17) is 4.74 Å². The van der Waals surface area contributed by atoms with Gasteiger partial charge in [0.1, 0.15) is 5.60 Å². The first-order valence-corrected chi connectivity index (χ1v) is 9.85. The second-order valence-corrected chi connectivity index (χ2v) is 8.92. The third kappa shape index (κ3) is 7.09. The van der Waals surface area contributed by atoms with Crippen molar-refractivity contribution in [3.05, 3.63) is 0 Å². The Morgan fingerprint density at radius 3 is 2.50 bits per heavy atom. The molecule has 0 aliphatic carbocycles. The number of rotatable bonds is 4. The van der Waals surface area contributed by atoms with E-state index in [1.54, 1.807) is 6.26 Å². The SMILES string of the molecule is C[C@H](C[S@](C)=O)N[C@@H]1CCN(C(=O)OC(C)(C)C)CC[C@@H]1C. The van der Waals surface area contributed by atoms with Crippen molar-refractivity contribution < 1.29 is 13.7 Å². The monoisotopic (exact) mass is 332 g/mol. The van der Waals surface area contributed by atoms with Gasteiger partial charge in [-0.1, -0.05) is 6.92 Å². The standard InChI is InChI=1S/C16H32N2O3S/c1-12-7-9-18(15(19)21-16(3,4)5)10-8-14(12)17-13(2)11-22(6)20/h12-14,17H,7-11H2,1-6H3/t12-,13+,14+,22-/m0/s1. The Kier molecular flexibility index (Phi) is 7.32. The molecule has 6 heteroatoms. The van der Waals surface area contributed by atoms with Crippen molar-refractivity contribution in [3.63, 3.8) is 0 Å². The molecule has 0 spiro atoms. The molecule has 1 fully saturated rings. The van der Waals surface area contributed by atoms with Crippen molar-refractivity contribution >= 4 is 16.9 Å². The maximum Gasteiger partial charge on any atom is 0.410 e. The van der Waals surface area contributed by atoms with Crippen LogP contribution in [0.25, 0.3) is 0 Å². The summed E-state index contributed by atoms with van der Waals surface area (Å²) in [6.45, 7) is 11.4. The van der Waals surface area contributed by atoms with Gasteiger partial charge in [-0.15, -0.1) is 0 Å². The summed E-state index contributed by atoms with van der Waals surface area (Å²) in [4.78, 5) is 14.0. The summed E-state index contributed by atoms with van der Waals surface area (Å²) in [6.07, 6.45) is 3.38. The fourth-order valence-electron chi connectivity index (χ4n) is 2.77. The van der Waals surface area contributed by atoms with Crippen molar-refractivity contribution in [3.8, 4) is 0 Å². The molecular weight excluding hydrogens is 300 g/mol. The number of likely N-dealkylation sites (tertiary alicyclic amines) is 1. The lowest BCUT2D eigenvalue weighted by atomic mass is 9.96. The van der Waals surface area contributed by atoms with Crippen LogP contribution in [0.3, 0.4) is 0 Å². The van der Waals surface area contributed by atoms with E-state index >= 15 is 0 Å². The summed E-state index contributed by atoms with van der Waals surface area (Å²) in [6, 6.07) is 0.581. The number of nitrogens with zero attached hydrogens (tertiary/aromatic N) is 1. The molecule has 1 heterocycles. The van der Waals surface area contributed by atoms with E-state index in [0.29, 0.717) is 24.3 Å². The fourth-order valence-corrected chi connectivity index (χ4v) is 3.57. The number of carbonyl (C=O) groups is 1. The van der Waals surface area contributed by atoms with E-state index in [-0.39, 0.29) is 12.1 Å². The van der Waals surface area contributed by atoms with Crippen LogP contribution in [-0.4, -0.2) is 58.0 Å². The molecule has 0 bridgehead atoms. The van der Waals surface area contributed by atoms with Gasteiger partial charge in [-0.25, -0.2) is 4.79 Å². The van der Waals surface area contributed by atoms with E-state index in [1.807, 2.05) is 25.7 Å². The summed E-state index contributed by atoms with van der Waals surface area (Å²) in [5.74, 6) is 1.15. The van der Waals surface area contributed by atoms with Gasteiger partial charge in [0.05, 0.1) is 0 Å². The second kappa shape index (κ2) is 8.29. The van der Waals surface area contributed by atoms with E-state index in [9.17, 15) is 9.00 Å². The molecule has 130 valence electrons. The molecule has 5 nitrogen and oxygen atoms in total. The Hall–Kier alpha value is -0.620. The smallest absolute Gasteiger partial charge is 0.410 e. The molecule has 0 aromatic rings. The van der Waals surface area contributed by atoms with Crippen molar-refractivity contribution in [1.82, 2.24) is 10.2 Å². The van der Waals surface area contributed by atoms with Crippen LogP contribution in [0.15, 0.2) is 0 Å². The van der Waals surface area contributed by atoms with Gasteiger partial charge < -0.3 is 15.0 Å². The lowest BCUT2D eigenvalue weighted by molar-refractivity contribution is 0.0255. The number of ether oxygens (including phenoxy) is 1. The average Bonchev–Trinajstić information content (AvgIpc) is 2.49. The summed E-state index contributed by atoms with van der Waals surface area (Å²) >= 11 is 0. The summed E-state index contributed by atoms with van der Waals surface area (Å²) in [5.41, 5.74) is -0.452. The quantitative estimate of drug-likeness (QED) is 0.859. The minimum Gasteiger partial charge on any atom is -0.444 e. The number of carbonyl (C=O) groups excluding carboxylic acids is 1. The number of nitrogens with one attached hydrogen (secondary N) is 1. The molecule has 1 saturated heterocycles. The molecule has 0 aromatic carbocycles. The minimum atomic E-state index is -0.788. The molecule has 22 heavy (non-hydrogen) atoms. The van der Waals surface area contributed by atoms with Crippen molar-refractivity contribution in [2.75, 3.05) is 25.1 Å². The summed E-state index contributed by atoms with van der Waals surface area (Å²) in [7, 11) is -0.788. The summed E-state index contributed by atoms with van der Waals surface area (Å²) < 4.78 is 16.8. The third-order valence-electron chi connectivity index (χ3n) is 3.89. The highest BCUT2D eigenvalue weighted by Crippen LogP contribution is 2.20. The highest BCUT2D eigenvalue weighted by atomic mass is 32.2. The number of amides is 1. The predicted octanol–water partition coefficient (Wildman–Crippen LogP) is 2.38. The first-order valence-electron chi connectivity index (χ1n) is 8.12. The fraction of sp³-hybridized carbons (Fsp3) is 0.938. The van der Waals surface area contributed by atoms with Gasteiger partial charge in [-0.2, -0.15) is 0 Å².